The van der Waals surface area contributed by atoms with Gasteiger partial charge >= 0.3 is 0 Å². The van der Waals surface area contributed by atoms with Crippen LogP contribution >= 0.6 is 0 Å². The minimum Gasteiger partial charge on any atom is -0.396 e. The van der Waals surface area contributed by atoms with Gasteiger partial charge in [-0.15, -0.1) is 0 Å². The summed E-state index contributed by atoms with van der Waals surface area (Å²) in [6, 6.07) is 10.7. The molecule has 0 saturated carbocycles. The van der Waals surface area contributed by atoms with Gasteiger partial charge in [-0.1, -0.05) is 30.3 Å². The van der Waals surface area contributed by atoms with Crippen molar-refractivity contribution >= 4 is 0 Å². The predicted molar refractivity (Wildman–Crippen MR) is 81.6 cm³/mol. The lowest BCUT2D eigenvalue weighted by molar-refractivity contribution is -0.0736. The normalized spacial score (nSPS) is 19.1. The third kappa shape index (κ3) is 4.89. The second-order valence-corrected chi connectivity index (χ2v) is 5.99. The number of likely N-dealkylation sites (tertiary alicyclic amines) is 1. The standard InChI is InChI=1S/C17H27NO2/c1-17(20-14-6-5-13-19)9-11-18(12-10-17)15-16-7-3-2-4-8-16/h2-4,7-8,19H,5-6,9-15H2,1H3. The van der Waals surface area contributed by atoms with Crippen LogP contribution in [0.2, 0.25) is 0 Å². The molecule has 1 fully saturated rings. The fourth-order valence-corrected chi connectivity index (χ4v) is 2.70. The van der Waals surface area contributed by atoms with Gasteiger partial charge in [-0.3, -0.25) is 4.90 Å². The van der Waals surface area contributed by atoms with Gasteiger partial charge in [-0.05, 0) is 38.2 Å². The maximum atomic E-state index is 8.78. The molecule has 1 N–H and O–H groups in total. The van der Waals surface area contributed by atoms with Crippen LogP contribution in [-0.4, -0.2) is 41.9 Å². The van der Waals surface area contributed by atoms with E-state index in [0.717, 1.165) is 51.9 Å². The van der Waals surface area contributed by atoms with Crippen molar-refractivity contribution in [3.63, 3.8) is 0 Å². The lowest BCUT2D eigenvalue weighted by Crippen LogP contribution is -2.44. The van der Waals surface area contributed by atoms with Crippen molar-refractivity contribution in [1.29, 1.82) is 0 Å². The zero-order valence-electron chi connectivity index (χ0n) is 12.6. The van der Waals surface area contributed by atoms with E-state index in [9.17, 15) is 0 Å². The van der Waals surface area contributed by atoms with Crippen molar-refractivity contribution in [2.75, 3.05) is 26.3 Å². The Morgan fingerprint density at radius 1 is 1.15 bits per heavy atom. The number of hydrogen-bond donors (Lipinski definition) is 1. The van der Waals surface area contributed by atoms with E-state index in [0.29, 0.717) is 0 Å². The molecule has 1 saturated heterocycles. The third-order valence-corrected chi connectivity index (χ3v) is 4.17. The van der Waals surface area contributed by atoms with Crippen molar-refractivity contribution in [2.24, 2.45) is 0 Å². The molecule has 20 heavy (non-hydrogen) atoms. The van der Waals surface area contributed by atoms with Crippen LogP contribution in [-0.2, 0) is 11.3 Å². The van der Waals surface area contributed by atoms with Crippen molar-refractivity contribution in [1.82, 2.24) is 4.90 Å². The van der Waals surface area contributed by atoms with Crippen molar-refractivity contribution in [2.45, 2.75) is 44.8 Å². The van der Waals surface area contributed by atoms with Crippen LogP contribution < -0.4 is 0 Å². The molecule has 1 aromatic carbocycles. The predicted octanol–water partition coefficient (Wildman–Crippen LogP) is 2.83. The maximum absolute atomic E-state index is 8.78. The van der Waals surface area contributed by atoms with Crippen LogP contribution in [0.5, 0.6) is 0 Å². The van der Waals surface area contributed by atoms with Crippen LogP contribution in [0.3, 0.4) is 0 Å². The smallest absolute Gasteiger partial charge is 0.0678 e. The quantitative estimate of drug-likeness (QED) is 0.778. The number of aliphatic hydroxyl groups is 1. The van der Waals surface area contributed by atoms with Gasteiger partial charge in [0.2, 0.25) is 0 Å². The van der Waals surface area contributed by atoms with Gasteiger partial charge in [-0.25, -0.2) is 0 Å². The van der Waals surface area contributed by atoms with Gasteiger partial charge in [0.25, 0.3) is 0 Å². The molecule has 112 valence electrons. The summed E-state index contributed by atoms with van der Waals surface area (Å²) < 4.78 is 6.03. The van der Waals surface area contributed by atoms with Gasteiger partial charge in [-0.2, -0.15) is 0 Å². The van der Waals surface area contributed by atoms with Gasteiger partial charge in [0.15, 0.2) is 0 Å². The minimum absolute atomic E-state index is 0.0304. The molecule has 0 spiro atoms. The molecule has 0 radical (unpaired) electrons. The molecule has 1 aliphatic rings. The summed E-state index contributed by atoms with van der Waals surface area (Å²) in [6.45, 7) is 6.52. The second kappa shape index (κ2) is 7.77. The second-order valence-electron chi connectivity index (χ2n) is 5.99. The van der Waals surface area contributed by atoms with Crippen molar-refractivity contribution < 1.29 is 9.84 Å². The Bertz CT molecular complexity index is 372. The van der Waals surface area contributed by atoms with Crippen LogP contribution in [0.25, 0.3) is 0 Å². The van der Waals surface area contributed by atoms with Gasteiger partial charge in [0, 0.05) is 32.8 Å². The molecule has 0 bridgehead atoms. The Hall–Kier alpha value is -0.900. The minimum atomic E-state index is 0.0304. The molecule has 0 unspecified atom stereocenters. The highest BCUT2D eigenvalue weighted by atomic mass is 16.5. The zero-order chi connectivity index (χ0) is 14.3. The highest BCUT2D eigenvalue weighted by molar-refractivity contribution is 5.14. The van der Waals surface area contributed by atoms with E-state index < -0.39 is 0 Å². The number of aliphatic hydroxyl groups excluding tert-OH is 1. The van der Waals surface area contributed by atoms with Crippen LogP contribution in [0.1, 0.15) is 38.2 Å². The highest BCUT2D eigenvalue weighted by Crippen LogP contribution is 2.26. The molecule has 0 aromatic heterocycles. The SMILES string of the molecule is CC1(OCCCCO)CCN(Cc2ccccc2)CC1. The van der Waals surface area contributed by atoms with Crippen molar-refractivity contribution in [3.8, 4) is 0 Å². The number of hydrogen-bond acceptors (Lipinski definition) is 3. The van der Waals surface area contributed by atoms with E-state index in [-0.39, 0.29) is 12.2 Å². The van der Waals surface area contributed by atoms with E-state index >= 15 is 0 Å². The summed E-state index contributed by atoms with van der Waals surface area (Å²) in [4.78, 5) is 2.51. The number of benzene rings is 1. The van der Waals surface area contributed by atoms with E-state index in [1.165, 1.54) is 5.56 Å². The first-order chi connectivity index (χ1) is 9.72. The monoisotopic (exact) mass is 277 g/mol. The zero-order valence-corrected chi connectivity index (χ0v) is 12.6. The maximum Gasteiger partial charge on any atom is 0.0678 e. The molecule has 1 heterocycles. The number of piperidine rings is 1. The van der Waals surface area contributed by atoms with Crippen LogP contribution in [0.15, 0.2) is 30.3 Å². The number of rotatable bonds is 7. The van der Waals surface area contributed by atoms with Crippen LogP contribution in [0.4, 0.5) is 0 Å². The van der Waals surface area contributed by atoms with Crippen molar-refractivity contribution in [3.05, 3.63) is 35.9 Å². The van der Waals surface area contributed by atoms with Gasteiger partial charge in [0.1, 0.15) is 0 Å². The molecule has 1 aromatic rings. The Morgan fingerprint density at radius 3 is 2.50 bits per heavy atom. The van der Waals surface area contributed by atoms with E-state index in [2.05, 4.69) is 42.2 Å². The molecular weight excluding hydrogens is 250 g/mol. The lowest BCUT2D eigenvalue weighted by Gasteiger charge is -2.39. The average molecular weight is 277 g/mol. The Morgan fingerprint density at radius 2 is 1.85 bits per heavy atom. The number of nitrogens with zero attached hydrogens (tertiary/aromatic N) is 1. The van der Waals surface area contributed by atoms with Gasteiger partial charge < -0.3 is 9.84 Å². The Balaban J connectivity index is 1.71. The third-order valence-electron chi connectivity index (χ3n) is 4.17. The van der Waals surface area contributed by atoms with E-state index in [1.807, 2.05) is 0 Å². The first kappa shape index (κ1) is 15.5. The summed E-state index contributed by atoms with van der Waals surface area (Å²) in [5, 5.41) is 8.78. The summed E-state index contributed by atoms with van der Waals surface area (Å²) >= 11 is 0. The first-order valence-corrected chi connectivity index (χ1v) is 7.73. The molecule has 0 aliphatic carbocycles. The summed E-state index contributed by atoms with van der Waals surface area (Å²) in [7, 11) is 0. The Kier molecular flexibility index (Phi) is 6.02. The van der Waals surface area contributed by atoms with E-state index in [1.54, 1.807) is 0 Å². The lowest BCUT2D eigenvalue weighted by atomic mass is 9.93. The largest absolute Gasteiger partial charge is 0.396 e. The fraction of sp³-hybridized carbons (Fsp3) is 0.647. The topological polar surface area (TPSA) is 32.7 Å². The molecule has 3 heteroatoms. The number of ether oxygens (including phenoxy) is 1. The molecule has 1 aliphatic heterocycles. The molecule has 0 amide bonds. The fourth-order valence-electron chi connectivity index (χ4n) is 2.70. The van der Waals surface area contributed by atoms with E-state index in [4.69, 9.17) is 9.84 Å². The molecular formula is C17H27NO2. The highest BCUT2D eigenvalue weighted by Gasteiger charge is 2.30. The molecule has 2 rings (SSSR count). The molecule has 0 atom stereocenters. The summed E-state index contributed by atoms with van der Waals surface area (Å²) in [5.74, 6) is 0. The average Bonchev–Trinajstić information content (AvgIpc) is 2.48. The summed E-state index contributed by atoms with van der Waals surface area (Å²) in [6.07, 6.45) is 3.99. The first-order valence-electron chi connectivity index (χ1n) is 7.73. The molecule has 3 nitrogen and oxygen atoms in total. The summed E-state index contributed by atoms with van der Waals surface area (Å²) in [5.41, 5.74) is 1.42. The van der Waals surface area contributed by atoms with Crippen LogP contribution in [0, 0.1) is 0 Å². The van der Waals surface area contributed by atoms with Gasteiger partial charge in [0.05, 0.1) is 5.60 Å². The Labute approximate surface area is 122 Å². The number of unbranched alkanes of at least 4 members (excludes halogenated alkanes) is 1.